The minimum atomic E-state index is -0.657. The number of hydrogen-bond donors (Lipinski definition) is 1. The monoisotopic (exact) mass is 362 g/mol. The second-order valence-electron chi connectivity index (χ2n) is 6.13. The van der Waals surface area contributed by atoms with Crippen molar-refractivity contribution in [3.63, 3.8) is 0 Å². The van der Waals surface area contributed by atoms with Crippen molar-refractivity contribution >= 4 is 21.9 Å². The van der Waals surface area contributed by atoms with E-state index >= 15 is 0 Å². The van der Waals surface area contributed by atoms with Gasteiger partial charge in [0.2, 0.25) is 0 Å². The van der Waals surface area contributed by atoms with Gasteiger partial charge < -0.3 is 4.98 Å². The summed E-state index contributed by atoms with van der Waals surface area (Å²) in [7, 11) is 0. The van der Waals surface area contributed by atoms with E-state index in [1.165, 1.54) is 6.07 Å². The van der Waals surface area contributed by atoms with Crippen molar-refractivity contribution in [1.82, 2.24) is 29.7 Å². The van der Waals surface area contributed by atoms with E-state index < -0.39 is 11.6 Å². The van der Waals surface area contributed by atoms with Crippen LogP contribution in [0.15, 0.2) is 48.8 Å². The van der Waals surface area contributed by atoms with Gasteiger partial charge in [-0.3, -0.25) is 9.97 Å². The zero-order valence-corrected chi connectivity index (χ0v) is 14.1. The van der Waals surface area contributed by atoms with E-state index in [1.807, 2.05) is 12.1 Å². The Bertz CT molecular complexity index is 1320. The van der Waals surface area contributed by atoms with Crippen molar-refractivity contribution < 1.29 is 8.78 Å². The number of fused-ring (bicyclic) bond motifs is 2. The predicted molar refractivity (Wildman–Crippen MR) is 96.4 cm³/mol. The molecular weight excluding hydrogens is 350 g/mol. The van der Waals surface area contributed by atoms with Gasteiger partial charge in [0.05, 0.1) is 22.4 Å². The Kier molecular flexibility index (Phi) is 3.27. The summed E-state index contributed by atoms with van der Waals surface area (Å²) in [6.45, 7) is 1.76. The summed E-state index contributed by atoms with van der Waals surface area (Å²) >= 11 is 0. The molecule has 0 bridgehead atoms. The van der Waals surface area contributed by atoms with E-state index in [0.29, 0.717) is 33.9 Å². The van der Waals surface area contributed by atoms with Crippen LogP contribution in [0.1, 0.15) is 5.82 Å². The van der Waals surface area contributed by atoms with Crippen molar-refractivity contribution in [2.24, 2.45) is 0 Å². The highest BCUT2D eigenvalue weighted by Crippen LogP contribution is 2.28. The van der Waals surface area contributed by atoms with Gasteiger partial charge in [-0.2, -0.15) is 5.10 Å². The number of rotatable bonds is 2. The van der Waals surface area contributed by atoms with E-state index in [9.17, 15) is 8.78 Å². The molecule has 1 aromatic carbocycles. The maximum absolute atomic E-state index is 14.1. The molecule has 0 spiro atoms. The number of benzene rings is 1. The van der Waals surface area contributed by atoms with Crippen LogP contribution in [0.3, 0.4) is 0 Å². The van der Waals surface area contributed by atoms with Crippen LogP contribution in [0, 0.1) is 18.6 Å². The smallest absolute Gasteiger partial charge is 0.179 e. The molecule has 0 saturated heterocycles. The highest BCUT2D eigenvalue weighted by Gasteiger charge is 2.18. The predicted octanol–water partition coefficient (Wildman–Crippen LogP) is 3.95. The molecule has 6 nitrogen and oxygen atoms in total. The van der Waals surface area contributed by atoms with E-state index in [-0.39, 0.29) is 5.52 Å². The lowest BCUT2D eigenvalue weighted by atomic mass is 10.2. The van der Waals surface area contributed by atoms with Crippen LogP contribution in [-0.4, -0.2) is 29.7 Å². The summed E-state index contributed by atoms with van der Waals surface area (Å²) in [5, 5.41) is 4.89. The van der Waals surface area contributed by atoms with Crippen molar-refractivity contribution in [1.29, 1.82) is 0 Å². The SMILES string of the molecule is Cc1nc(-c2cc3cc(F)cc(F)c3[nH]2)n(-c2ccnc3cccnc23)n1. The van der Waals surface area contributed by atoms with Crippen LogP contribution in [0.2, 0.25) is 0 Å². The van der Waals surface area contributed by atoms with Gasteiger partial charge in [0.1, 0.15) is 23.0 Å². The van der Waals surface area contributed by atoms with Gasteiger partial charge >= 0.3 is 0 Å². The molecule has 132 valence electrons. The zero-order chi connectivity index (χ0) is 18.5. The Balaban J connectivity index is 1.77. The largest absolute Gasteiger partial charge is 0.350 e. The Morgan fingerprint density at radius 1 is 1.04 bits per heavy atom. The van der Waals surface area contributed by atoms with Crippen LogP contribution in [0.4, 0.5) is 8.78 Å². The van der Waals surface area contributed by atoms with Crippen LogP contribution < -0.4 is 0 Å². The van der Waals surface area contributed by atoms with E-state index in [4.69, 9.17) is 0 Å². The summed E-state index contributed by atoms with van der Waals surface area (Å²) in [5.74, 6) is -0.277. The van der Waals surface area contributed by atoms with Crippen molar-refractivity contribution in [3.05, 3.63) is 66.3 Å². The lowest BCUT2D eigenvalue weighted by Crippen LogP contribution is -2.02. The topological polar surface area (TPSA) is 72.3 Å². The number of nitrogens with one attached hydrogen (secondary N) is 1. The molecule has 0 radical (unpaired) electrons. The first-order valence-corrected chi connectivity index (χ1v) is 8.22. The van der Waals surface area contributed by atoms with Crippen LogP contribution in [0.5, 0.6) is 0 Å². The minimum Gasteiger partial charge on any atom is -0.350 e. The van der Waals surface area contributed by atoms with Gasteiger partial charge in [-0.1, -0.05) is 0 Å². The molecule has 0 atom stereocenters. The number of aromatic nitrogens is 6. The molecule has 0 unspecified atom stereocenters. The first-order valence-electron chi connectivity index (χ1n) is 8.22. The third-order valence-electron chi connectivity index (χ3n) is 4.30. The maximum atomic E-state index is 14.1. The summed E-state index contributed by atoms with van der Waals surface area (Å²) < 4.78 is 29.2. The fourth-order valence-corrected chi connectivity index (χ4v) is 3.18. The highest BCUT2D eigenvalue weighted by atomic mass is 19.1. The summed E-state index contributed by atoms with van der Waals surface area (Å²) in [6.07, 6.45) is 3.35. The molecule has 4 aromatic heterocycles. The Morgan fingerprint density at radius 2 is 1.93 bits per heavy atom. The first-order chi connectivity index (χ1) is 13.1. The Morgan fingerprint density at radius 3 is 2.81 bits per heavy atom. The van der Waals surface area contributed by atoms with Gasteiger partial charge in [-0.15, -0.1) is 0 Å². The molecule has 0 amide bonds. The second-order valence-corrected chi connectivity index (χ2v) is 6.13. The summed E-state index contributed by atoms with van der Waals surface area (Å²) in [4.78, 5) is 16.2. The fraction of sp³-hybridized carbons (Fsp3) is 0.0526. The van der Waals surface area contributed by atoms with Crippen molar-refractivity contribution in [3.8, 4) is 17.2 Å². The van der Waals surface area contributed by atoms with E-state index in [2.05, 4.69) is 25.0 Å². The second kappa shape index (κ2) is 5.66. The van der Waals surface area contributed by atoms with Gasteiger partial charge in [0.25, 0.3) is 0 Å². The molecular formula is C19H12F2N6. The van der Waals surface area contributed by atoms with Crippen molar-refractivity contribution in [2.75, 3.05) is 0 Å². The number of pyridine rings is 2. The van der Waals surface area contributed by atoms with Crippen molar-refractivity contribution in [2.45, 2.75) is 6.92 Å². The van der Waals surface area contributed by atoms with Gasteiger partial charge in [0.15, 0.2) is 5.82 Å². The van der Waals surface area contributed by atoms with Crippen LogP contribution in [0.25, 0.3) is 39.1 Å². The van der Waals surface area contributed by atoms with Crippen LogP contribution in [-0.2, 0) is 0 Å². The maximum Gasteiger partial charge on any atom is 0.179 e. The number of aryl methyl sites for hydroxylation is 1. The third kappa shape index (κ3) is 2.45. The molecule has 1 N–H and O–H groups in total. The number of aromatic amines is 1. The molecule has 4 heterocycles. The zero-order valence-electron chi connectivity index (χ0n) is 14.1. The number of H-pyrrole nitrogens is 1. The standard InChI is InChI=1S/C19H12F2N6/c1-10-24-19(15-8-11-7-12(20)9-13(21)17(11)25-15)27(26-10)16-4-6-22-14-3-2-5-23-18(14)16/h2-9,25H,1H3. The highest BCUT2D eigenvalue weighted by molar-refractivity contribution is 5.87. The number of nitrogens with zero attached hydrogens (tertiary/aromatic N) is 5. The number of halogens is 2. The summed E-state index contributed by atoms with van der Waals surface area (Å²) in [5.41, 5.74) is 2.83. The lowest BCUT2D eigenvalue weighted by Gasteiger charge is -2.07. The average Bonchev–Trinajstić information content (AvgIpc) is 3.24. The fourth-order valence-electron chi connectivity index (χ4n) is 3.18. The van der Waals surface area contributed by atoms with Gasteiger partial charge in [-0.25, -0.2) is 18.4 Å². The normalized spacial score (nSPS) is 11.5. The van der Waals surface area contributed by atoms with E-state index in [0.717, 1.165) is 11.6 Å². The average molecular weight is 362 g/mol. The molecule has 5 rings (SSSR count). The molecule has 5 aromatic rings. The Hall–Kier alpha value is -3.68. The molecule has 0 aliphatic carbocycles. The molecule has 8 heteroatoms. The summed E-state index contributed by atoms with van der Waals surface area (Å²) in [6, 6.07) is 9.22. The molecule has 0 aliphatic heterocycles. The molecule has 0 aliphatic rings. The van der Waals surface area contributed by atoms with Gasteiger partial charge in [0, 0.05) is 23.8 Å². The van der Waals surface area contributed by atoms with E-state index in [1.54, 1.807) is 36.1 Å². The minimum absolute atomic E-state index is 0.219. The molecule has 27 heavy (non-hydrogen) atoms. The lowest BCUT2D eigenvalue weighted by molar-refractivity contribution is 0.591. The Labute approximate surface area is 151 Å². The third-order valence-corrected chi connectivity index (χ3v) is 4.30. The number of hydrogen-bond acceptors (Lipinski definition) is 4. The first kappa shape index (κ1) is 15.6. The molecule has 0 fully saturated rings. The van der Waals surface area contributed by atoms with Crippen LogP contribution >= 0.6 is 0 Å². The molecule has 0 saturated carbocycles. The van der Waals surface area contributed by atoms with Gasteiger partial charge in [-0.05, 0) is 37.3 Å². The quantitative estimate of drug-likeness (QED) is 0.516.